The van der Waals surface area contributed by atoms with E-state index < -0.39 is 54.8 Å². The molecule has 7 N–H and O–H groups in total. The fourth-order valence-electron chi connectivity index (χ4n) is 3.50. The molecule has 2 saturated heterocycles. The second-order valence-corrected chi connectivity index (χ2v) is 7.58. The van der Waals surface area contributed by atoms with Gasteiger partial charge >= 0.3 is 5.69 Å². The molecule has 15 nitrogen and oxygen atoms in total. The number of nitrogens with zero attached hydrogens (tertiary/aromatic N) is 5. The molecule has 4 rings (SSSR count). The summed E-state index contributed by atoms with van der Waals surface area (Å²) in [5.74, 6) is 0.0185. The molecule has 2 aromatic heterocycles. The van der Waals surface area contributed by atoms with Crippen LogP contribution in [0.15, 0.2) is 23.3 Å². The average Bonchev–Trinajstić information content (AvgIpc) is 3.31. The first-order valence-electron chi connectivity index (χ1n) is 9.77. The van der Waals surface area contributed by atoms with Crippen molar-refractivity contribution in [1.29, 1.82) is 0 Å². The third-order valence-electron chi connectivity index (χ3n) is 5.27. The van der Waals surface area contributed by atoms with Gasteiger partial charge in [0.05, 0.1) is 26.0 Å². The standard InChI is InChI=1S/C17H24N6O9/c18-10-1-2-23(17(29)19-10)15-13(27)12(26)9(32-15)4-22-3-7(20-21-22)5-30-16-14(28)11(25)8(24)6-31-16/h1-3,8-9,11-16,24-28H,4-6H2,(H2,18,19,29)/t8-,9-,11+,12-,13-,14-,15-,16-/m1/s1. The van der Waals surface area contributed by atoms with Crippen molar-refractivity contribution in [3.8, 4) is 0 Å². The zero-order valence-electron chi connectivity index (χ0n) is 16.7. The fraction of sp³-hybridized carbons (Fsp3) is 0.647. The van der Waals surface area contributed by atoms with Crippen LogP contribution in [0.4, 0.5) is 5.82 Å². The summed E-state index contributed by atoms with van der Waals surface area (Å²) in [4.78, 5) is 15.6. The van der Waals surface area contributed by atoms with E-state index in [1.807, 2.05) is 0 Å². The number of hydrogen-bond donors (Lipinski definition) is 6. The van der Waals surface area contributed by atoms with Gasteiger partial charge in [0.15, 0.2) is 12.5 Å². The summed E-state index contributed by atoms with van der Waals surface area (Å²) in [5.41, 5.74) is 5.08. The van der Waals surface area contributed by atoms with E-state index >= 15 is 0 Å². The van der Waals surface area contributed by atoms with Gasteiger partial charge < -0.3 is 45.5 Å². The number of aliphatic hydroxyl groups is 5. The molecule has 0 amide bonds. The Kier molecular flexibility index (Phi) is 6.50. The molecule has 0 spiro atoms. The Labute approximate surface area is 180 Å². The number of ether oxygens (including phenoxy) is 3. The van der Waals surface area contributed by atoms with Gasteiger partial charge in [0.25, 0.3) is 0 Å². The summed E-state index contributed by atoms with van der Waals surface area (Å²) in [6, 6.07) is 1.37. The van der Waals surface area contributed by atoms with Crippen LogP contribution in [-0.4, -0.2) is 99.6 Å². The van der Waals surface area contributed by atoms with Crippen molar-refractivity contribution in [3.05, 3.63) is 34.6 Å². The highest BCUT2D eigenvalue weighted by Crippen LogP contribution is 2.29. The van der Waals surface area contributed by atoms with Crippen molar-refractivity contribution in [2.75, 3.05) is 12.3 Å². The second kappa shape index (κ2) is 9.16. The van der Waals surface area contributed by atoms with Gasteiger partial charge in [-0.1, -0.05) is 5.21 Å². The molecule has 0 unspecified atom stereocenters. The van der Waals surface area contributed by atoms with Crippen molar-refractivity contribution < 1.29 is 39.7 Å². The van der Waals surface area contributed by atoms with E-state index in [9.17, 15) is 30.3 Å². The third kappa shape index (κ3) is 4.50. The van der Waals surface area contributed by atoms with Gasteiger partial charge in [0, 0.05) is 6.20 Å². The highest BCUT2D eigenvalue weighted by Gasteiger charge is 2.44. The Morgan fingerprint density at radius 3 is 2.69 bits per heavy atom. The van der Waals surface area contributed by atoms with Gasteiger partial charge in [0.1, 0.15) is 48.1 Å². The zero-order valence-corrected chi connectivity index (χ0v) is 16.7. The predicted molar refractivity (Wildman–Crippen MR) is 101 cm³/mol. The number of rotatable bonds is 6. The van der Waals surface area contributed by atoms with Crippen molar-refractivity contribution in [3.63, 3.8) is 0 Å². The van der Waals surface area contributed by atoms with E-state index in [-0.39, 0.29) is 25.6 Å². The summed E-state index contributed by atoms with van der Waals surface area (Å²) in [6.45, 7) is -0.300. The lowest BCUT2D eigenvalue weighted by Crippen LogP contribution is -2.53. The van der Waals surface area contributed by atoms with Crippen LogP contribution in [0.1, 0.15) is 11.9 Å². The molecule has 0 radical (unpaired) electrons. The highest BCUT2D eigenvalue weighted by atomic mass is 16.7. The number of aliphatic hydroxyl groups excluding tert-OH is 5. The van der Waals surface area contributed by atoms with E-state index in [0.29, 0.717) is 5.69 Å². The lowest BCUT2D eigenvalue weighted by Gasteiger charge is -2.34. The molecule has 15 heteroatoms. The van der Waals surface area contributed by atoms with Crippen molar-refractivity contribution >= 4 is 5.82 Å². The molecule has 0 aromatic carbocycles. The van der Waals surface area contributed by atoms with Crippen LogP contribution in [0.3, 0.4) is 0 Å². The fourth-order valence-corrected chi connectivity index (χ4v) is 3.50. The Balaban J connectivity index is 1.35. The van der Waals surface area contributed by atoms with Gasteiger partial charge in [0.2, 0.25) is 0 Å². The van der Waals surface area contributed by atoms with Gasteiger partial charge in [-0.05, 0) is 6.07 Å². The minimum absolute atomic E-state index is 0.00629. The van der Waals surface area contributed by atoms with E-state index in [1.165, 1.54) is 23.1 Å². The van der Waals surface area contributed by atoms with Gasteiger partial charge in [-0.15, -0.1) is 5.10 Å². The van der Waals surface area contributed by atoms with Crippen LogP contribution in [0.5, 0.6) is 0 Å². The van der Waals surface area contributed by atoms with Crippen molar-refractivity contribution in [2.45, 2.75) is 62.3 Å². The lowest BCUT2D eigenvalue weighted by molar-refractivity contribution is -0.273. The number of nitrogen functional groups attached to an aromatic ring is 1. The van der Waals surface area contributed by atoms with Crippen molar-refractivity contribution in [2.24, 2.45) is 0 Å². The summed E-state index contributed by atoms with van der Waals surface area (Å²) in [6.07, 6.45) is -7.14. The summed E-state index contributed by atoms with van der Waals surface area (Å²) >= 11 is 0. The smallest absolute Gasteiger partial charge is 0.351 e. The molecule has 176 valence electrons. The summed E-state index contributed by atoms with van der Waals surface area (Å²) < 4.78 is 18.6. The van der Waals surface area contributed by atoms with Crippen LogP contribution >= 0.6 is 0 Å². The van der Waals surface area contributed by atoms with Crippen LogP contribution in [0, 0.1) is 0 Å². The first-order valence-corrected chi connectivity index (χ1v) is 9.77. The lowest BCUT2D eigenvalue weighted by atomic mass is 10.1. The van der Waals surface area contributed by atoms with Crippen LogP contribution in [0.25, 0.3) is 0 Å². The summed E-state index contributed by atoms with van der Waals surface area (Å²) in [7, 11) is 0. The van der Waals surface area contributed by atoms with E-state index in [0.717, 1.165) is 4.57 Å². The monoisotopic (exact) mass is 456 g/mol. The molecule has 4 heterocycles. The molecule has 2 aliphatic heterocycles. The highest BCUT2D eigenvalue weighted by molar-refractivity contribution is 5.23. The molecular formula is C17H24N6O9. The zero-order chi connectivity index (χ0) is 23.0. The Morgan fingerprint density at radius 2 is 1.94 bits per heavy atom. The maximum Gasteiger partial charge on any atom is 0.351 e. The third-order valence-corrected chi connectivity index (χ3v) is 5.27. The first-order chi connectivity index (χ1) is 15.2. The van der Waals surface area contributed by atoms with E-state index in [4.69, 9.17) is 19.9 Å². The van der Waals surface area contributed by atoms with Gasteiger partial charge in [-0.25, -0.2) is 9.48 Å². The molecular weight excluding hydrogens is 432 g/mol. The minimum Gasteiger partial charge on any atom is -0.388 e. The van der Waals surface area contributed by atoms with Crippen LogP contribution in [0.2, 0.25) is 0 Å². The molecule has 32 heavy (non-hydrogen) atoms. The van der Waals surface area contributed by atoms with Gasteiger partial charge in [-0.3, -0.25) is 4.57 Å². The Hall–Kier alpha value is -2.50. The molecule has 2 aromatic rings. The Morgan fingerprint density at radius 1 is 1.16 bits per heavy atom. The maximum absolute atomic E-state index is 12.0. The number of nitrogens with two attached hydrogens (primary N) is 1. The number of anilines is 1. The topological polar surface area (TPSA) is 220 Å². The molecule has 0 aliphatic carbocycles. The number of aromatic nitrogens is 5. The Bertz CT molecular complexity index is 985. The largest absolute Gasteiger partial charge is 0.388 e. The molecule has 8 atom stereocenters. The van der Waals surface area contributed by atoms with E-state index in [1.54, 1.807) is 0 Å². The molecule has 2 fully saturated rings. The van der Waals surface area contributed by atoms with Crippen LogP contribution < -0.4 is 11.4 Å². The normalized spacial score (nSPS) is 35.3. The van der Waals surface area contributed by atoms with Crippen molar-refractivity contribution in [1.82, 2.24) is 24.5 Å². The van der Waals surface area contributed by atoms with E-state index in [2.05, 4.69) is 15.3 Å². The molecule has 0 bridgehead atoms. The quantitative estimate of drug-likeness (QED) is 0.242. The molecule has 0 saturated carbocycles. The van der Waals surface area contributed by atoms with Gasteiger partial charge in [-0.2, -0.15) is 4.98 Å². The average molecular weight is 456 g/mol. The number of hydrogen-bond acceptors (Lipinski definition) is 13. The second-order valence-electron chi connectivity index (χ2n) is 7.58. The maximum atomic E-state index is 12.0. The molecule has 2 aliphatic rings. The first kappa shape index (κ1) is 22.7. The van der Waals surface area contributed by atoms with Crippen LogP contribution in [-0.2, 0) is 27.4 Å². The minimum atomic E-state index is -1.43. The SMILES string of the molecule is Nc1ccn([C@@H]2O[C@H](Cn3cc(CO[C@@H]4OC[C@@H](O)[C@H](O)[C@H]4O)nn3)[C@@H](O)[C@H]2O)c(=O)n1. The predicted octanol–water partition coefficient (Wildman–Crippen LogP) is -4.31. The summed E-state index contributed by atoms with van der Waals surface area (Å²) in [5, 5.41) is 57.5.